The number of hydrogen-bond acceptors (Lipinski definition) is 5. The van der Waals surface area contributed by atoms with Crippen LogP contribution in [-0.4, -0.2) is 39.4 Å². The molecule has 1 aliphatic heterocycles. The fourth-order valence-electron chi connectivity index (χ4n) is 3.81. The third-order valence-electron chi connectivity index (χ3n) is 5.32. The van der Waals surface area contributed by atoms with Gasteiger partial charge < -0.3 is 9.64 Å². The van der Waals surface area contributed by atoms with Crippen molar-refractivity contribution in [2.45, 2.75) is 6.10 Å². The minimum atomic E-state index is -0.369. The summed E-state index contributed by atoms with van der Waals surface area (Å²) in [6, 6.07) is 8.42. The van der Waals surface area contributed by atoms with E-state index in [0.29, 0.717) is 23.7 Å². The molecular weight excluding hydrogens is 405 g/mol. The Hall–Kier alpha value is -3.03. The van der Waals surface area contributed by atoms with Crippen molar-refractivity contribution in [1.29, 1.82) is 0 Å². The third-order valence-corrected chi connectivity index (χ3v) is 5.56. The first-order chi connectivity index (χ1) is 14.6. The lowest BCUT2D eigenvalue weighted by Gasteiger charge is -2.33. The van der Waals surface area contributed by atoms with Crippen LogP contribution in [0.15, 0.2) is 55.1 Å². The van der Waals surface area contributed by atoms with Gasteiger partial charge in [0.15, 0.2) is 0 Å². The molecule has 4 aromatic rings. The molecule has 30 heavy (non-hydrogen) atoms. The second-order valence-corrected chi connectivity index (χ2v) is 7.73. The number of morpholine rings is 1. The molecule has 5 rings (SSSR count). The smallest absolute Gasteiger partial charge is 0.132 e. The summed E-state index contributed by atoms with van der Waals surface area (Å²) in [6.45, 7) is 2.01. The molecule has 0 bridgehead atoms. The maximum atomic E-state index is 14.5. The van der Waals surface area contributed by atoms with Crippen molar-refractivity contribution in [1.82, 2.24) is 19.7 Å². The van der Waals surface area contributed by atoms with Crippen molar-refractivity contribution in [2.24, 2.45) is 7.05 Å². The summed E-state index contributed by atoms with van der Waals surface area (Å²) in [7, 11) is 1.89. The highest BCUT2D eigenvalue weighted by atomic mass is 35.5. The van der Waals surface area contributed by atoms with Gasteiger partial charge >= 0.3 is 0 Å². The van der Waals surface area contributed by atoms with E-state index in [1.54, 1.807) is 35.3 Å². The molecule has 0 saturated carbocycles. The van der Waals surface area contributed by atoms with E-state index in [0.717, 1.165) is 34.4 Å². The van der Waals surface area contributed by atoms with Gasteiger partial charge in [-0.15, -0.1) is 0 Å². The number of anilines is 1. The van der Waals surface area contributed by atoms with Crippen LogP contribution in [0.1, 0.15) is 11.7 Å². The highest BCUT2D eigenvalue weighted by Crippen LogP contribution is 2.32. The van der Waals surface area contributed by atoms with Crippen LogP contribution >= 0.6 is 11.6 Å². The summed E-state index contributed by atoms with van der Waals surface area (Å²) in [5, 5.41) is 5.39. The molecule has 0 N–H and O–H groups in total. The summed E-state index contributed by atoms with van der Waals surface area (Å²) in [4.78, 5) is 11.3. The topological polar surface area (TPSA) is 56.1 Å². The standard InChI is InChI=1S/C22H19ClFN5O/c1-28-12-14(10-27-28)21-13-29(6-7-30-21)22-9-20-18(11-26-22)16(4-5-25-20)17-3-2-15(23)8-19(17)24/h2-5,8-12,21H,6-7,13H2,1H3. The van der Waals surface area contributed by atoms with Gasteiger partial charge in [0.2, 0.25) is 0 Å². The summed E-state index contributed by atoms with van der Waals surface area (Å²) < 4.78 is 22.2. The second-order valence-electron chi connectivity index (χ2n) is 7.30. The molecule has 1 unspecified atom stereocenters. The molecule has 8 heteroatoms. The zero-order chi connectivity index (χ0) is 20.7. The molecule has 0 aliphatic carbocycles. The minimum Gasteiger partial charge on any atom is -0.370 e. The van der Waals surface area contributed by atoms with Gasteiger partial charge in [-0.3, -0.25) is 9.67 Å². The van der Waals surface area contributed by atoms with Gasteiger partial charge in [-0.05, 0) is 29.8 Å². The van der Waals surface area contributed by atoms with Crippen LogP contribution in [0.3, 0.4) is 0 Å². The van der Waals surface area contributed by atoms with Crippen LogP contribution in [0.2, 0.25) is 5.02 Å². The first kappa shape index (κ1) is 19.0. The lowest BCUT2D eigenvalue weighted by atomic mass is 10.0. The van der Waals surface area contributed by atoms with Crippen LogP contribution in [0.4, 0.5) is 10.2 Å². The Morgan fingerprint density at radius 3 is 2.83 bits per heavy atom. The summed E-state index contributed by atoms with van der Waals surface area (Å²) in [5.74, 6) is 0.451. The van der Waals surface area contributed by atoms with Crippen molar-refractivity contribution in [3.05, 3.63) is 71.5 Å². The van der Waals surface area contributed by atoms with Crippen molar-refractivity contribution >= 4 is 28.3 Å². The predicted octanol–water partition coefficient (Wildman–Crippen LogP) is 4.40. The molecule has 1 fully saturated rings. The molecule has 1 aliphatic rings. The molecule has 1 saturated heterocycles. The maximum Gasteiger partial charge on any atom is 0.132 e. The molecule has 1 aromatic carbocycles. The van der Waals surface area contributed by atoms with Crippen LogP contribution in [-0.2, 0) is 11.8 Å². The van der Waals surface area contributed by atoms with Gasteiger partial charge in [0.1, 0.15) is 17.7 Å². The normalized spacial score (nSPS) is 16.9. The highest BCUT2D eigenvalue weighted by Gasteiger charge is 2.24. The highest BCUT2D eigenvalue weighted by molar-refractivity contribution is 6.30. The Balaban J connectivity index is 1.48. The largest absolute Gasteiger partial charge is 0.370 e. The minimum absolute atomic E-state index is 0.0626. The van der Waals surface area contributed by atoms with Crippen LogP contribution < -0.4 is 4.90 Å². The lowest BCUT2D eigenvalue weighted by molar-refractivity contribution is 0.0395. The van der Waals surface area contributed by atoms with Crippen molar-refractivity contribution < 1.29 is 9.13 Å². The Bertz CT molecular complexity index is 1230. The Labute approximate surface area is 177 Å². The average Bonchev–Trinajstić information content (AvgIpc) is 3.20. The van der Waals surface area contributed by atoms with E-state index < -0.39 is 0 Å². The summed E-state index contributed by atoms with van der Waals surface area (Å²) in [5.41, 5.74) is 3.02. The quantitative estimate of drug-likeness (QED) is 0.489. The van der Waals surface area contributed by atoms with E-state index in [1.165, 1.54) is 6.07 Å². The Kier molecular flexibility index (Phi) is 4.84. The van der Waals surface area contributed by atoms with Crippen LogP contribution in [0.5, 0.6) is 0 Å². The van der Waals surface area contributed by atoms with E-state index in [2.05, 4.69) is 20.0 Å². The van der Waals surface area contributed by atoms with E-state index in [9.17, 15) is 4.39 Å². The van der Waals surface area contributed by atoms with Crippen LogP contribution in [0, 0.1) is 5.82 Å². The van der Waals surface area contributed by atoms with E-state index >= 15 is 0 Å². The first-order valence-corrected chi connectivity index (χ1v) is 10.0. The number of fused-ring (bicyclic) bond motifs is 1. The lowest BCUT2D eigenvalue weighted by Crippen LogP contribution is -2.38. The molecule has 6 nitrogen and oxygen atoms in total. The number of aromatic nitrogens is 4. The number of halogens is 2. The SMILES string of the molecule is Cn1cc(C2CN(c3cc4nccc(-c5ccc(Cl)cc5F)c4cn3)CCO2)cn1. The number of pyridine rings is 2. The molecule has 4 heterocycles. The number of hydrogen-bond donors (Lipinski definition) is 0. The zero-order valence-corrected chi connectivity index (χ0v) is 17.1. The van der Waals surface area contributed by atoms with Gasteiger partial charge in [0.25, 0.3) is 0 Å². The number of ether oxygens (including phenoxy) is 1. The van der Waals surface area contributed by atoms with Crippen molar-refractivity contribution in [2.75, 3.05) is 24.6 Å². The van der Waals surface area contributed by atoms with Crippen molar-refractivity contribution in [3.8, 4) is 11.1 Å². The average molecular weight is 424 g/mol. The Morgan fingerprint density at radius 1 is 1.13 bits per heavy atom. The van der Waals surface area contributed by atoms with E-state index in [4.69, 9.17) is 16.3 Å². The zero-order valence-electron chi connectivity index (χ0n) is 16.3. The third kappa shape index (κ3) is 3.51. The summed E-state index contributed by atoms with van der Waals surface area (Å²) in [6.07, 6.45) is 7.18. The second kappa shape index (κ2) is 7.66. The summed E-state index contributed by atoms with van der Waals surface area (Å²) >= 11 is 5.90. The number of benzene rings is 1. The van der Waals surface area contributed by atoms with Crippen molar-refractivity contribution in [3.63, 3.8) is 0 Å². The van der Waals surface area contributed by atoms with Gasteiger partial charge in [0, 0.05) is 66.3 Å². The molecule has 0 amide bonds. The first-order valence-electron chi connectivity index (χ1n) is 9.64. The van der Waals surface area contributed by atoms with Gasteiger partial charge in [0.05, 0.1) is 18.3 Å². The van der Waals surface area contributed by atoms with Gasteiger partial charge in [-0.2, -0.15) is 5.10 Å². The maximum absolute atomic E-state index is 14.5. The molecule has 1 atom stereocenters. The van der Waals surface area contributed by atoms with E-state index in [-0.39, 0.29) is 11.9 Å². The molecule has 152 valence electrons. The van der Waals surface area contributed by atoms with Gasteiger partial charge in [-0.25, -0.2) is 9.37 Å². The predicted molar refractivity (Wildman–Crippen MR) is 114 cm³/mol. The van der Waals surface area contributed by atoms with Gasteiger partial charge in [-0.1, -0.05) is 11.6 Å². The van der Waals surface area contributed by atoms with Crippen LogP contribution in [0.25, 0.3) is 22.0 Å². The molecule has 0 spiro atoms. The molecule has 0 radical (unpaired) electrons. The van der Waals surface area contributed by atoms with E-state index in [1.807, 2.05) is 25.5 Å². The monoisotopic (exact) mass is 423 g/mol. The fourth-order valence-corrected chi connectivity index (χ4v) is 3.97. The fraction of sp³-hybridized carbons (Fsp3) is 0.227. The number of rotatable bonds is 3. The molecular formula is C22H19ClFN5O. The Morgan fingerprint density at radius 2 is 2.03 bits per heavy atom. The molecule has 3 aromatic heterocycles. The number of nitrogens with zero attached hydrogens (tertiary/aromatic N) is 5. The number of aryl methyl sites for hydroxylation is 1.